The Morgan fingerprint density at radius 1 is 1.12 bits per heavy atom. The monoisotopic (exact) mass is 253 g/mol. The standard InChI is InChI=1S/C12H9Cl2NO/c1-7-9(4-5-15-12(7)16)10-6-8(13)2-3-11(10)14/h2-6H,1H3,(H,15,16). The van der Waals surface area contributed by atoms with Gasteiger partial charge in [0.25, 0.3) is 5.56 Å². The fraction of sp³-hybridized carbons (Fsp3) is 0.0833. The Kier molecular flexibility index (Phi) is 3.03. The second-order valence-electron chi connectivity index (χ2n) is 3.47. The Morgan fingerprint density at radius 3 is 2.62 bits per heavy atom. The largest absolute Gasteiger partial charge is 0.329 e. The first-order chi connectivity index (χ1) is 7.59. The van der Waals surface area contributed by atoms with Crippen LogP contribution in [0.15, 0.2) is 35.3 Å². The molecule has 1 aromatic heterocycles. The number of benzene rings is 1. The van der Waals surface area contributed by atoms with E-state index in [2.05, 4.69) is 4.98 Å². The number of aromatic amines is 1. The molecule has 0 aliphatic rings. The van der Waals surface area contributed by atoms with Crippen molar-refractivity contribution in [2.24, 2.45) is 0 Å². The van der Waals surface area contributed by atoms with Gasteiger partial charge in [-0.15, -0.1) is 0 Å². The van der Waals surface area contributed by atoms with Gasteiger partial charge < -0.3 is 4.98 Å². The Bertz CT molecular complexity index is 590. The lowest BCUT2D eigenvalue weighted by molar-refractivity contribution is 1.18. The number of halogens is 2. The maximum absolute atomic E-state index is 11.5. The molecule has 16 heavy (non-hydrogen) atoms. The van der Waals surface area contributed by atoms with Crippen molar-refractivity contribution < 1.29 is 0 Å². The molecule has 0 bridgehead atoms. The zero-order valence-electron chi connectivity index (χ0n) is 8.55. The molecule has 1 heterocycles. The minimum Gasteiger partial charge on any atom is -0.329 e. The highest BCUT2D eigenvalue weighted by molar-refractivity contribution is 6.35. The van der Waals surface area contributed by atoms with Gasteiger partial charge in [0, 0.05) is 27.4 Å². The Balaban J connectivity index is 2.72. The average Bonchev–Trinajstić information content (AvgIpc) is 2.26. The third kappa shape index (κ3) is 1.99. The molecule has 0 unspecified atom stereocenters. The highest BCUT2D eigenvalue weighted by Crippen LogP contribution is 2.31. The number of hydrogen-bond acceptors (Lipinski definition) is 1. The van der Waals surface area contributed by atoms with E-state index >= 15 is 0 Å². The van der Waals surface area contributed by atoms with Gasteiger partial charge in [0.15, 0.2) is 0 Å². The first kappa shape index (κ1) is 11.2. The highest BCUT2D eigenvalue weighted by Gasteiger charge is 2.08. The minimum atomic E-state index is -0.117. The van der Waals surface area contributed by atoms with E-state index in [4.69, 9.17) is 23.2 Å². The summed E-state index contributed by atoms with van der Waals surface area (Å²) in [6.45, 7) is 1.76. The second-order valence-corrected chi connectivity index (χ2v) is 4.31. The molecule has 1 N–H and O–H groups in total. The summed E-state index contributed by atoms with van der Waals surface area (Å²) in [5.41, 5.74) is 2.09. The van der Waals surface area contributed by atoms with E-state index in [0.717, 1.165) is 11.1 Å². The number of hydrogen-bond donors (Lipinski definition) is 1. The van der Waals surface area contributed by atoms with Crippen molar-refractivity contribution in [2.45, 2.75) is 6.92 Å². The van der Waals surface area contributed by atoms with Crippen molar-refractivity contribution in [3.63, 3.8) is 0 Å². The third-order valence-electron chi connectivity index (χ3n) is 2.43. The molecule has 1 aromatic carbocycles. The van der Waals surface area contributed by atoms with Crippen molar-refractivity contribution in [3.8, 4) is 11.1 Å². The lowest BCUT2D eigenvalue weighted by Crippen LogP contribution is -2.09. The van der Waals surface area contributed by atoms with Crippen LogP contribution in [0.3, 0.4) is 0 Å². The molecule has 82 valence electrons. The molecule has 0 spiro atoms. The number of H-pyrrole nitrogens is 1. The van der Waals surface area contributed by atoms with Crippen LogP contribution >= 0.6 is 23.2 Å². The summed E-state index contributed by atoms with van der Waals surface area (Å²) in [6.07, 6.45) is 1.60. The van der Waals surface area contributed by atoms with Gasteiger partial charge >= 0.3 is 0 Å². The average molecular weight is 254 g/mol. The van der Waals surface area contributed by atoms with Gasteiger partial charge in [-0.25, -0.2) is 0 Å². The van der Waals surface area contributed by atoms with Gasteiger partial charge in [0.2, 0.25) is 0 Å². The summed E-state index contributed by atoms with van der Waals surface area (Å²) in [4.78, 5) is 14.1. The van der Waals surface area contributed by atoms with Crippen LogP contribution in [0.1, 0.15) is 5.56 Å². The smallest absolute Gasteiger partial charge is 0.251 e. The van der Waals surface area contributed by atoms with Crippen LogP contribution < -0.4 is 5.56 Å². The fourth-order valence-electron chi connectivity index (χ4n) is 1.55. The molecule has 0 atom stereocenters. The fourth-order valence-corrected chi connectivity index (χ4v) is 1.94. The van der Waals surface area contributed by atoms with E-state index in [1.165, 1.54) is 0 Å². The van der Waals surface area contributed by atoms with Gasteiger partial charge in [0.05, 0.1) is 0 Å². The zero-order valence-corrected chi connectivity index (χ0v) is 10.1. The molecular formula is C12H9Cl2NO. The van der Waals surface area contributed by atoms with E-state index in [1.807, 2.05) is 6.07 Å². The molecule has 0 radical (unpaired) electrons. The number of rotatable bonds is 1. The zero-order chi connectivity index (χ0) is 11.7. The van der Waals surface area contributed by atoms with Crippen molar-refractivity contribution in [3.05, 3.63) is 56.4 Å². The van der Waals surface area contributed by atoms with Crippen LogP contribution in [0.2, 0.25) is 10.0 Å². The van der Waals surface area contributed by atoms with E-state index in [0.29, 0.717) is 15.6 Å². The van der Waals surface area contributed by atoms with Crippen LogP contribution in [0.25, 0.3) is 11.1 Å². The summed E-state index contributed by atoms with van der Waals surface area (Å²) in [6, 6.07) is 7.01. The summed E-state index contributed by atoms with van der Waals surface area (Å²) in [5.74, 6) is 0. The van der Waals surface area contributed by atoms with Gasteiger partial charge in [-0.3, -0.25) is 4.79 Å². The lowest BCUT2D eigenvalue weighted by atomic mass is 10.0. The minimum absolute atomic E-state index is 0.117. The molecule has 0 aliphatic heterocycles. The number of pyridine rings is 1. The maximum atomic E-state index is 11.5. The number of aromatic nitrogens is 1. The van der Waals surface area contributed by atoms with E-state index in [9.17, 15) is 4.79 Å². The molecule has 0 fully saturated rings. The molecule has 0 aliphatic carbocycles. The number of nitrogens with one attached hydrogen (secondary N) is 1. The molecule has 2 nitrogen and oxygen atoms in total. The first-order valence-corrected chi connectivity index (χ1v) is 5.49. The van der Waals surface area contributed by atoms with Crippen LogP contribution in [0.5, 0.6) is 0 Å². The Labute approximate surface area is 103 Å². The molecule has 2 aromatic rings. The Morgan fingerprint density at radius 2 is 1.88 bits per heavy atom. The molecule has 0 amide bonds. The van der Waals surface area contributed by atoms with Gasteiger partial charge in [-0.2, -0.15) is 0 Å². The topological polar surface area (TPSA) is 32.9 Å². The highest BCUT2D eigenvalue weighted by atomic mass is 35.5. The summed E-state index contributed by atoms with van der Waals surface area (Å²) in [5, 5.41) is 1.18. The predicted octanol–water partition coefficient (Wildman–Crippen LogP) is 3.66. The molecule has 2 rings (SSSR count). The second kappa shape index (κ2) is 4.32. The summed E-state index contributed by atoms with van der Waals surface area (Å²) >= 11 is 12.0. The van der Waals surface area contributed by atoms with Gasteiger partial charge in [0.1, 0.15) is 0 Å². The molecular weight excluding hydrogens is 245 g/mol. The van der Waals surface area contributed by atoms with Crippen molar-refractivity contribution >= 4 is 23.2 Å². The third-order valence-corrected chi connectivity index (χ3v) is 2.99. The van der Waals surface area contributed by atoms with E-state index < -0.39 is 0 Å². The van der Waals surface area contributed by atoms with Crippen LogP contribution in [0.4, 0.5) is 0 Å². The SMILES string of the molecule is Cc1c(-c2cc(Cl)ccc2Cl)cc[nH]c1=O. The summed E-state index contributed by atoms with van der Waals surface area (Å²) < 4.78 is 0. The lowest BCUT2D eigenvalue weighted by Gasteiger charge is -2.07. The molecule has 0 saturated heterocycles. The maximum Gasteiger partial charge on any atom is 0.251 e. The van der Waals surface area contributed by atoms with Crippen molar-refractivity contribution in [1.29, 1.82) is 0 Å². The van der Waals surface area contributed by atoms with Crippen LogP contribution in [-0.4, -0.2) is 4.98 Å². The van der Waals surface area contributed by atoms with Crippen LogP contribution in [0, 0.1) is 6.92 Å². The van der Waals surface area contributed by atoms with Gasteiger partial charge in [-0.05, 0) is 36.8 Å². The normalized spacial score (nSPS) is 10.4. The molecule has 4 heteroatoms. The molecule has 0 saturated carbocycles. The van der Waals surface area contributed by atoms with E-state index in [-0.39, 0.29) is 5.56 Å². The van der Waals surface area contributed by atoms with E-state index in [1.54, 1.807) is 31.3 Å². The van der Waals surface area contributed by atoms with Crippen molar-refractivity contribution in [1.82, 2.24) is 4.98 Å². The van der Waals surface area contributed by atoms with Gasteiger partial charge in [-0.1, -0.05) is 23.2 Å². The Hall–Kier alpha value is -1.25. The predicted molar refractivity (Wildman–Crippen MR) is 67.3 cm³/mol. The summed E-state index contributed by atoms with van der Waals surface area (Å²) in [7, 11) is 0. The van der Waals surface area contributed by atoms with Crippen LogP contribution in [-0.2, 0) is 0 Å². The quantitative estimate of drug-likeness (QED) is 0.827. The van der Waals surface area contributed by atoms with Crippen molar-refractivity contribution in [2.75, 3.05) is 0 Å². The first-order valence-electron chi connectivity index (χ1n) is 4.73.